The Morgan fingerprint density at radius 3 is 2.32 bits per heavy atom. The number of H-pyrrole nitrogens is 1. The van der Waals surface area contributed by atoms with E-state index in [1.54, 1.807) is 37.5 Å². The van der Waals surface area contributed by atoms with E-state index in [0.29, 0.717) is 79.8 Å². The van der Waals surface area contributed by atoms with Crippen molar-refractivity contribution in [3.05, 3.63) is 112 Å². The Hall–Kier alpha value is -7.03. The van der Waals surface area contributed by atoms with Gasteiger partial charge in [0.2, 0.25) is 17.7 Å². The fourth-order valence-electron chi connectivity index (χ4n) is 7.40. The Morgan fingerprint density at radius 1 is 0.780 bits per heavy atom. The molecule has 0 aliphatic carbocycles. The van der Waals surface area contributed by atoms with Gasteiger partial charge in [0.05, 0.1) is 11.1 Å². The van der Waals surface area contributed by atoms with Crippen molar-refractivity contribution in [1.29, 1.82) is 0 Å². The molecule has 4 heterocycles. The average Bonchev–Trinajstić information content (AvgIpc) is 3.79. The highest BCUT2D eigenvalue weighted by Gasteiger charge is 2.45. The summed E-state index contributed by atoms with van der Waals surface area (Å²) in [7, 11) is 1.67. The van der Waals surface area contributed by atoms with Crippen LogP contribution in [0.15, 0.2) is 89.9 Å². The molecule has 5 N–H and O–H groups in total. The number of benzene rings is 3. The van der Waals surface area contributed by atoms with Crippen molar-refractivity contribution in [1.82, 2.24) is 30.4 Å². The minimum atomic E-state index is -1.03. The largest absolute Gasteiger partial charge is 0.457 e. The third-order valence-electron chi connectivity index (χ3n) is 10.4. The van der Waals surface area contributed by atoms with Crippen LogP contribution in [0.4, 0.5) is 5.69 Å². The lowest BCUT2D eigenvalue weighted by atomic mass is 10.0. The number of rotatable bonds is 17. The molecule has 2 aliphatic rings. The molecule has 7 rings (SSSR count). The first-order valence-corrected chi connectivity index (χ1v) is 19.8. The van der Waals surface area contributed by atoms with Gasteiger partial charge in [-0.25, -0.2) is 0 Å². The van der Waals surface area contributed by atoms with Gasteiger partial charge >= 0.3 is 0 Å². The van der Waals surface area contributed by atoms with Crippen molar-refractivity contribution >= 4 is 52.0 Å². The zero-order chi connectivity index (χ0) is 41.5. The van der Waals surface area contributed by atoms with E-state index in [0.717, 1.165) is 22.4 Å². The summed E-state index contributed by atoms with van der Waals surface area (Å²) in [4.78, 5) is 92.9. The number of carbonyl (C=O) groups excluding carboxylic acids is 6. The van der Waals surface area contributed by atoms with Crippen LogP contribution in [-0.2, 0) is 21.4 Å². The van der Waals surface area contributed by atoms with E-state index in [-0.39, 0.29) is 47.0 Å². The number of fused-ring (bicyclic) bond motifs is 2. The first-order valence-electron chi connectivity index (χ1n) is 19.8. The smallest absolute Gasteiger partial charge is 0.274 e. The van der Waals surface area contributed by atoms with Gasteiger partial charge < -0.3 is 30.2 Å². The summed E-state index contributed by atoms with van der Waals surface area (Å²) >= 11 is 0. The molecule has 0 bridgehead atoms. The first-order chi connectivity index (χ1) is 28.6. The normalized spacial score (nSPS) is 14.9. The number of aromatic nitrogens is 2. The monoisotopic (exact) mass is 799 g/mol. The number of ether oxygens (including phenoxy) is 1. The number of nitrogens with zero attached hydrogens (tertiary/aromatic N) is 2. The number of nitrogens with one attached hydrogen (secondary N) is 5. The van der Waals surface area contributed by atoms with Crippen molar-refractivity contribution in [3.63, 3.8) is 0 Å². The molecule has 0 radical (unpaired) electrons. The van der Waals surface area contributed by atoms with Gasteiger partial charge in [-0.05, 0) is 68.5 Å². The van der Waals surface area contributed by atoms with E-state index in [1.807, 2.05) is 54.6 Å². The lowest BCUT2D eigenvalue weighted by Gasteiger charge is -2.27. The number of imide groups is 2. The zero-order valence-corrected chi connectivity index (χ0v) is 32.6. The molecule has 59 heavy (non-hydrogen) atoms. The summed E-state index contributed by atoms with van der Waals surface area (Å²) < 4.78 is 7.67. The molecule has 15 heteroatoms. The number of hydrogen-bond acceptors (Lipinski definition) is 9. The van der Waals surface area contributed by atoms with Crippen LogP contribution in [0.25, 0.3) is 22.0 Å². The molecule has 2 aromatic heterocycles. The number of anilines is 1. The summed E-state index contributed by atoms with van der Waals surface area (Å²) in [5, 5.41) is 11.9. The minimum Gasteiger partial charge on any atom is -0.457 e. The van der Waals surface area contributed by atoms with Gasteiger partial charge in [0.1, 0.15) is 28.8 Å². The molecule has 0 saturated carbocycles. The van der Waals surface area contributed by atoms with Gasteiger partial charge in [-0.1, -0.05) is 48.9 Å². The minimum absolute atomic E-state index is 0.0515. The fraction of sp³-hybridized carbons (Fsp3) is 0.295. The van der Waals surface area contributed by atoms with Crippen molar-refractivity contribution < 1.29 is 33.5 Å². The SMILES string of the molecule is Cn1cc(-c2ccccc2Oc2ccccc2)c2cc(C(=O)NCCCCCC(=O)NCCCCNc3cccc4c3C(=O)N(C3CCC(=O)NC3=O)C4=O)[nH]c2c1=O. The molecule has 1 saturated heterocycles. The number of para-hydroxylation sites is 2. The van der Waals surface area contributed by atoms with Crippen molar-refractivity contribution in [3.8, 4) is 22.6 Å². The van der Waals surface area contributed by atoms with Crippen molar-refractivity contribution in [2.45, 2.75) is 57.4 Å². The van der Waals surface area contributed by atoms with Crippen LogP contribution in [0.3, 0.4) is 0 Å². The maximum absolute atomic E-state index is 13.3. The molecule has 5 aromatic rings. The van der Waals surface area contributed by atoms with Crippen LogP contribution in [-0.4, -0.2) is 75.6 Å². The number of pyridine rings is 1. The number of aromatic amines is 1. The van der Waals surface area contributed by atoms with Gasteiger partial charge in [0.25, 0.3) is 23.3 Å². The van der Waals surface area contributed by atoms with Gasteiger partial charge in [-0.2, -0.15) is 0 Å². The van der Waals surface area contributed by atoms with Crippen LogP contribution in [0.1, 0.15) is 82.6 Å². The van der Waals surface area contributed by atoms with Crippen LogP contribution >= 0.6 is 0 Å². The van der Waals surface area contributed by atoms with Crippen LogP contribution in [0.2, 0.25) is 0 Å². The lowest BCUT2D eigenvalue weighted by molar-refractivity contribution is -0.136. The quantitative estimate of drug-likeness (QED) is 0.0633. The van der Waals surface area contributed by atoms with Gasteiger partial charge in [0, 0.05) is 67.9 Å². The predicted octanol–water partition coefficient (Wildman–Crippen LogP) is 5.03. The maximum Gasteiger partial charge on any atom is 0.274 e. The Labute approximate surface area is 339 Å². The highest BCUT2D eigenvalue weighted by atomic mass is 16.5. The Kier molecular flexibility index (Phi) is 12.3. The van der Waals surface area contributed by atoms with Gasteiger partial charge in [-0.15, -0.1) is 0 Å². The average molecular weight is 800 g/mol. The van der Waals surface area contributed by atoms with Crippen LogP contribution in [0, 0.1) is 0 Å². The molecule has 1 unspecified atom stereocenters. The molecule has 3 aromatic carbocycles. The molecule has 304 valence electrons. The van der Waals surface area contributed by atoms with Crippen molar-refractivity contribution in [2.24, 2.45) is 7.05 Å². The van der Waals surface area contributed by atoms with Crippen LogP contribution < -0.4 is 31.6 Å². The predicted molar refractivity (Wildman–Crippen MR) is 220 cm³/mol. The number of aryl methyl sites for hydroxylation is 1. The molecule has 6 amide bonds. The Morgan fingerprint density at radius 2 is 1.51 bits per heavy atom. The summed E-state index contributed by atoms with van der Waals surface area (Å²) in [5.74, 6) is -1.31. The second kappa shape index (κ2) is 18.1. The number of unbranched alkanes of at least 4 members (excludes halogenated alkanes) is 3. The molecular weight excluding hydrogens is 755 g/mol. The summed E-state index contributed by atoms with van der Waals surface area (Å²) in [6.45, 7) is 1.37. The highest BCUT2D eigenvalue weighted by molar-refractivity contribution is 6.25. The summed E-state index contributed by atoms with van der Waals surface area (Å²) in [5.41, 5.74) is 2.76. The van der Waals surface area contributed by atoms with Gasteiger partial charge in [0.15, 0.2) is 0 Å². The second-order valence-electron chi connectivity index (χ2n) is 14.6. The lowest BCUT2D eigenvalue weighted by Crippen LogP contribution is -2.54. The van der Waals surface area contributed by atoms with E-state index in [9.17, 15) is 33.6 Å². The zero-order valence-electron chi connectivity index (χ0n) is 32.6. The summed E-state index contributed by atoms with van der Waals surface area (Å²) in [6, 6.07) is 22.6. The number of carbonyl (C=O) groups is 6. The molecule has 2 aliphatic heterocycles. The summed E-state index contributed by atoms with van der Waals surface area (Å²) in [6.07, 6.45) is 5.67. The van der Waals surface area contributed by atoms with E-state index in [4.69, 9.17) is 4.74 Å². The number of hydrogen-bond donors (Lipinski definition) is 5. The Bertz CT molecular complexity index is 2490. The molecule has 1 fully saturated rings. The van der Waals surface area contributed by atoms with E-state index < -0.39 is 29.7 Å². The third-order valence-corrected chi connectivity index (χ3v) is 10.4. The molecule has 15 nitrogen and oxygen atoms in total. The van der Waals surface area contributed by atoms with E-state index in [2.05, 4.69) is 26.3 Å². The molecular formula is C44H45N7O8. The van der Waals surface area contributed by atoms with E-state index in [1.165, 1.54) is 4.57 Å². The molecule has 1 atom stereocenters. The Balaban J connectivity index is 0.815. The third kappa shape index (κ3) is 8.93. The number of amides is 6. The highest BCUT2D eigenvalue weighted by Crippen LogP contribution is 2.37. The fourth-order valence-corrected chi connectivity index (χ4v) is 7.40. The molecule has 0 spiro atoms. The topological polar surface area (TPSA) is 201 Å². The first kappa shape index (κ1) is 40.2. The maximum atomic E-state index is 13.3. The van der Waals surface area contributed by atoms with E-state index >= 15 is 0 Å². The second-order valence-corrected chi connectivity index (χ2v) is 14.6. The van der Waals surface area contributed by atoms with Gasteiger partial charge in [-0.3, -0.25) is 43.8 Å². The van der Waals surface area contributed by atoms with Crippen LogP contribution in [0.5, 0.6) is 11.5 Å². The van der Waals surface area contributed by atoms with Crippen molar-refractivity contribution in [2.75, 3.05) is 25.0 Å². The number of piperidine rings is 1. The standard InChI is InChI=1S/C44H45N7O8/c1-50-26-31(28-15-7-8-18-35(28)59-27-13-4-2-5-14-27)30-25-33(48-39(30)44(50)58)40(54)47-24-9-3-6-19-36(52)46-23-11-10-22-45-32-17-12-16-29-38(32)43(57)51(42(29)56)34-20-21-37(53)49-41(34)55/h2,4-5,7-8,12-18,25-26,34,45,48H,3,6,9-11,19-24H2,1H3,(H,46,52)(H,47,54)(H,49,53,55).